The number of carbonyl (C=O) groups is 2. The zero-order chi connectivity index (χ0) is 12.8. The van der Waals surface area contributed by atoms with Gasteiger partial charge < -0.3 is 9.47 Å². The Bertz CT molecular complexity index is 460. The Hall–Kier alpha value is -2.10. The minimum atomic E-state index is -0.438. The van der Waals surface area contributed by atoms with E-state index in [0.29, 0.717) is 16.7 Å². The Morgan fingerprint density at radius 3 is 2.29 bits per heavy atom. The van der Waals surface area contributed by atoms with Gasteiger partial charge in [0.15, 0.2) is 0 Å². The smallest absolute Gasteiger partial charge is 0.338 e. The molecule has 0 saturated carbocycles. The van der Waals surface area contributed by atoms with Crippen molar-refractivity contribution in [3.63, 3.8) is 0 Å². The first-order valence-electron chi connectivity index (χ1n) is 5.07. The van der Waals surface area contributed by atoms with Crippen LogP contribution in [0.25, 0.3) is 6.08 Å². The van der Waals surface area contributed by atoms with Crippen LogP contribution in [0.3, 0.4) is 0 Å². The first-order valence-corrected chi connectivity index (χ1v) is 5.07. The minimum Gasteiger partial charge on any atom is -0.465 e. The zero-order valence-electron chi connectivity index (χ0n) is 10.0. The van der Waals surface area contributed by atoms with Crippen LogP contribution in [-0.2, 0) is 9.47 Å². The Morgan fingerprint density at radius 1 is 1.12 bits per heavy atom. The molecular formula is C13H14O4. The maximum Gasteiger partial charge on any atom is 0.338 e. The SMILES string of the molecule is C/C=C/c1cc(C(=O)OC)ccc1C(=O)OC. The van der Waals surface area contributed by atoms with E-state index in [1.807, 2.05) is 6.92 Å². The van der Waals surface area contributed by atoms with Crippen molar-refractivity contribution in [3.8, 4) is 0 Å². The molecule has 1 aromatic carbocycles. The molecule has 4 nitrogen and oxygen atoms in total. The normalized spacial score (nSPS) is 10.3. The van der Waals surface area contributed by atoms with Crippen LogP contribution in [0.2, 0.25) is 0 Å². The fourth-order valence-electron chi connectivity index (χ4n) is 1.42. The molecule has 0 unspecified atom stereocenters. The molecule has 0 bridgehead atoms. The summed E-state index contributed by atoms with van der Waals surface area (Å²) in [6, 6.07) is 4.68. The number of benzene rings is 1. The topological polar surface area (TPSA) is 52.6 Å². The molecule has 0 amide bonds. The second-order valence-electron chi connectivity index (χ2n) is 3.29. The van der Waals surface area contributed by atoms with Crippen molar-refractivity contribution in [2.45, 2.75) is 6.92 Å². The summed E-state index contributed by atoms with van der Waals surface area (Å²) in [5.74, 6) is -0.873. The monoisotopic (exact) mass is 234 g/mol. The van der Waals surface area contributed by atoms with Gasteiger partial charge in [0.05, 0.1) is 25.3 Å². The zero-order valence-corrected chi connectivity index (χ0v) is 10.0. The Morgan fingerprint density at radius 2 is 1.76 bits per heavy atom. The van der Waals surface area contributed by atoms with Crippen molar-refractivity contribution < 1.29 is 19.1 Å². The molecule has 0 N–H and O–H groups in total. The van der Waals surface area contributed by atoms with Gasteiger partial charge in [-0.25, -0.2) is 9.59 Å². The van der Waals surface area contributed by atoms with E-state index >= 15 is 0 Å². The summed E-state index contributed by atoms with van der Waals surface area (Å²) in [6.45, 7) is 1.83. The second-order valence-corrected chi connectivity index (χ2v) is 3.29. The molecule has 0 saturated heterocycles. The van der Waals surface area contributed by atoms with Crippen LogP contribution < -0.4 is 0 Å². The number of esters is 2. The minimum absolute atomic E-state index is 0.397. The molecule has 90 valence electrons. The maximum absolute atomic E-state index is 11.5. The van der Waals surface area contributed by atoms with Crippen molar-refractivity contribution in [2.75, 3.05) is 14.2 Å². The van der Waals surface area contributed by atoms with Gasteiger partial charge in [0, 0.05) is 0 Å². The lowest BCUT2D eigenvalue weighted by molar-refractivity contribution is 0.0586. The van der Waals surface area contributed by atoms with E-state index in [2.05, 4.69) is 9.47 Å². The van der Waals surface area contributed by atoms with Crippen molar-refractivity contribution in [2.24, 2.45) is 0 Å². The molecule has 0 aliphatic carbocycles. The van der Waals surface area contributed by atoms with E-state index in [0.717, 1.165) is 0 Å². The number of carbonyl (C=O) groups excluding carboxylic acids is 2. The van der Waals surface area contributed by atoms with E-state index < -0.39 is 11.9 Å². The number of ether oxygens (including phenoxy) is 2. The van der Waals surface area contributed by atoms with Gasteiger partial charge in [0.2, 0.25) is 0 Å². The Labute approximate surface area is 99.8 Å². The number of hydrogen-bond donors (Lipinski definition) is 0. The molecule has 0 fully saturated rings. The molecule has 17 heavy (non-hydrogen) atoms. The average Bonchev–Trinajstić information content (AvgIpc) is 2.37. The van der Waals surface area contributed by atoms with Gasteiger partial charge in [-0.05, 0) is 30.7 Å². The fourth-order valence-corrected chi connectivity index (χ4v) is 1.42. The van der Waals surface area contributed by atoms with E-state index in [9.17, 15) is 9.59 Å². The van der Waals surface area contributed by atoms with Crippen molar-refractivity contribution in [1.29, 1.82) is 0 Å². The number of allylic oxidation sites excluding steroid dienone is 1. The highest BCUT2D eigenvalue weighted by Crippen LogP contribution is 2.16. The van der Waals surface area contributed by atoms with Crippen LogP contribution in [-0.4, -0.2) is 26.2 Å². The van der Waals surface area contributed by atoms with Crippen LogP contribution in [0, 0.1) is 0 Å². The highest BCUT2D eigenvalue weighted by atomic mass is 16.5. The number of methoxy groups -OCH3 is 2. The molecule has 0 aromatic heterocycles. The van der Waals surface area contributed by atoms with Gasteiger partial charge in [-0.1, -0.05) is 12.2 Å². The number of rotatable bonds is 3. The quantitative estimate of drug-likeness (QED) is 0.753. The lowest BCUT2D eigenvalue weighted by atomic mass is 10.0. The highest BCUT2D eigenvalue weighted by Gasteiger charge is 2.13. The molecule has 0 atom stereocenters. The third kappa shape index (κ3) is 2.93. The summed E-state index contributed by atoms with van der Waals surface area (Å²) < 4.78 is 9.28. The molecule has 0 radical (unpaired) electrons. The summed E-state index contributed by atoms with van der Waals surface area (Å²) in [5.41, 5.74) is 1.44. The summed E-state index contributed by atoms with van der Waals surface area (Å²) in [4.78, 5) is 22.8. The van der Waals surface area contributed by atoms with Gasteiger partial charge in [0.1, 0.15) is 0 Å². The van der Waals surface area contributed by atoms with Crippen LogP contribution in [0.4, 0.5) is 0 Å². The van der Waals surface area contributed by atoms with Gasteiger partial charge in [-0.15, -0.1) is 0 Å². The Balaban J connectivity index is 3.26. The van der Waals surface area contributed by atoms with E-state index in [1.54, 1.807) is 24.3 Å². The van der Waals surface area contributed by atoms with E-state index in [4.69, 9.17) is 0 Å². The first-order chi connectivity index (χ1) is 8.13. The molecule has 0 spiro atoms. The highest BCUT2D eigenvalue weighted by molar-refractivity contribution is 5.96. The molecule has 0 heterocycles. The van der Waals surface area contributed by atoms with Crippen molar-refractivity contribution in [3.05, 3.63) is 41.0 Å². The lowest BCUT2D eigenvalue weighted by Crippen LogP contribution is -2.07. The summed E-state index contributed by atoms with van der Waals surface area (Å²) in [7, 11) is 2.63. The molecule has 1 rings (SSSR count). The molecular weight excluding hydrogens is 220 g/mol. The predicted octanol–water partition coefficient (Wildman–Crippen LogP) is 2.29. The van der Waals surface area contributed by atoms with Gasteiger partial charge >= 0.3 is 11.9 Å². The first kappa shape index (κ1) is 13.0. The van der Waals surface area contributed by atoms with Gasteiger partial charge in [-0.2, -0.15) is 0 Å². The van der Waals surface area contributed by atoms with Crippen LogP contribution >= 0.6 is 0 Å². The van der Waals surface area contributed by atoms with E-state index in [1.165, 1.54) is 20.3 Å². The fraction of sp³-hybridized carbons (Fsp3) is 0.231. The number of hydrogen-bond acceptors (Lipinski definition) is 4. The van der Waals surface area contributed by atoms with Gasteiger partial charge in [-0.3, -0.25) is 0 Å². The van der Waals surface area contributed by atoms with Crippen molar-refractivity contribution in [1.82, 2.24) is 0 Å². The average molecular weight is 234 g/mol. The van der Waals surface area contributed by atoms with Gasteiger partial charge in [0.25, 0.3) is 0 Å². The lowest BCUT2D eigenvalue weighted by Gasteiger charge is -2.06. The molecule has 0 aliphatic rings. The maximum atomic E-state index is 11.5. The largest absolute Gasteiger partial charge is 0.465 e. The Kier molecular flexibility index (Phi) is 4.46. The molecule has 1 aromatic rings. The van der Waals surface area contributed by atoms with E-state index in [-0.39, 0.29) is 0 Å². The predicted molar refractivity (Wildman–Crippen MR) is 63.8 cm³/mol. The summed E-state index contributed by atoms with van der Waals surface area (Å²) in [6.07, 6.45) is 3.52. The third-order valence-corrected chi connectivity index (χ3v) is 2.22. The van der Waals surface area contributed by atoms with Crippen LogP contribution in [0.1, 0.15) is 33.2 Å². The summed E-state index contributed by atoms with van der Waals surface area (Å²) in [5, 5.41) is 0. The van der Waals surface area contributed by atoms with Crippen LogP contribution in [0.15, 0.2) is 24.3 Å². The third-order valence-electron chi connectivity index (χ3n) is 2.22. The second kappa shape index (κ2) is 5.84. The summed E-state index contributed by atoms with van der Waals surface area (Å²) >= 11 is 0. The molecule has 4 heteroatoms. The van der Waals surface area contributed by atoms with Crippen molar-refractivity contribution >= 4 is 18.0 Å². The van der Waals surface area contributed by atoms with Crippen LogP contribution in [0.5, 0.6) is 0 Å². The molecule has 0 aliphatic heterocycles. The standard InChI is InChI=1S/C13H14O4/c1-4-5-9-8-10(12(14)16-2)6-7-11(9)13(15)17-3/h4-8H,1-3H3/b5-4+.